The standard InChI is InChI=1S/C20H23N3O4/c1-15-7-8-19(16(2)13-15)27-14-20(24)22-11-9-21(10-12-22)17-5-3-4-6-18(17)23(25)26/h3-8,13H,9-12,14H2,1-2H3. The van der Waals surface area contributed by atoms with Crippen LogP contribution >= 0.6 is 0 Å². The molecule has 2 aromatic carbocycles. The van der Waals surface area contributed by atoms with Gasteiger partial charge in [-0.05, 0) is 31.5 Å². The van der Waals surface area contributed by atoms with E-state index in [1.807, 2.05) is 36.9 Å². The number of aryl methyl sites for hydroxylation is 2. The van der Waals surface area contributed by atoms with E-state index in [9.17, 15) is 14.9 Å². The van der Waals surface area contributed by atoms with Gasteiger partial charge in [-0.3, -0.25) is 14.9 Å². The summed E-state index contributed by atoms with van der Waals surface area (Å²) in [5.41, 5.74) is 2.85. The van der Waals surface area contributed by atoms with Gasteiger partial charge in [0.15, 0.2) is 6.61 Å². The van der Waals surface area contributed by atoms with Crippen LogP contribution in [0.15, 0.2) is 42.5 Å². The van der Waals surface area contributed by atoms with Crippen molar-refractivity contribution in [1.29, 1.82) is 0 Å². The molecule has 1 heterocycles. The van der Waals surface area contributed by atoms with Crippen molar-refractivity contribution < 1.29 is 14.5 Å². The van der Waals surface area contributed by atoms with Gasteiger partial charge in [0.05, 0.1) is 4.92 Å². The average Bonchev–Trinajstić information content (AvgIpc) is 2.67. The van der Waals surface area contributed by atoms with Gasteiger partial charge in [-0.25, -0.2) is 0 Å². The number of benzene rings is 2. The van der Waals surface area contributed by atoms with Crippen LogP contribution in [-0.2, 0) is 4.79 Å². The Morgan fingerprint density at radius 3 is 2.48 bits per heavy atom. The maximum Gasteiger partial charge on any atom is 0.292 e. The van der Waals surface area contributed by atoms with Crippen molar-refractivity contribution in [1.82, 2.24) is 4.90 Å². The van der Waals surface area contributed by atoms with Gasteiger partial charge < -0.3 is 14.5 Å². The van der Waals surface area contributed by atoms with Crippen LogP contribution in [-0.4, -0.2) is 48.5 Å². The Hall–Kier alpha value is -3.09. The summed E-state index contributed by atoms with van der Waals surface area (Å²) in [5.74, 6) is 0.643. The zero-order valence-corrected chi connectivity index (χ0v) is 15.6. The Morgan fingerprint density at radius 1 is 1.11 bits per heavy atom. The van der Waals surface area contributed by atoms with E-state index >= 15 is 0 Å². The lowest BCUT2D eigenvalue weighted by Crippen LogP contribution is -2.50. The van der Waals surface area contributed by atoms with Gasteiger partial charge >= 0.3 is 0 Å². The molecule has 0 saturated carbocycles. The minimum absolute atomic E-state index is 0.00458. The fraction of sp³-hybridized carbons (Fsp3) is 0.350. The molecule has 0 aromatic heterocycles. The van der Waals surface area contributed by atoms with Crippen LogP contribution in [0.4, 0.5) is 11.4 Å². The molecule has 0 N–H and O–H groups in total. The molecule has 7 nitrogen and oxygen atoms in total. The zero-order chi connectivity index (χ0) is 19.4. The first-order chi connectivity index (χ1) is 13.0. The van der Waals surface area contributed by atoms with Crippen LogP contribution in [0.3, 0.4) is 0 Å². The van der Waals surface area contributed by atoms with Gasteiger partial charge in [0.2, 0.25) is 0 Å². The van der Waals surface area contributed by atoms with Crippen molar-refractivity contribution in [2.75, 3.05) is 37.7 Å². The second-order valence-corrected chi connectivity index (χ2v) is 6.67. The van der Waals surface area contributed by atoms with Gasteiger partial charge in [0.1, 0.15) is 11.4 Å². The van der Waals surface area contributed by atoms with Gasteiger partial charge in [0.25, 0.3) is 11.6 Å². The molecule has 3 rings (SSSR count). The number of amides is 1. The number of nitro benzene ring substituents is 1. The third-order valence-corrected chi connectivity index (χ3v) is 4.73. The van der Waals surface area contributed by atoms with Crippen LogP contribution in [0.5, 0.6) is 5.75 Å². The van der Waals surface area contributed by atoms with E-state index in [1.54, 1.807) is 23.1 Å². The first kappa shape index (κ1) is 18.7. The van der Waals surface area contributed by atoms with E-state index in [-0.39, 0.29) is 23.1 Å². The third kappa shape index (κ3) is 4.36. The van der Waals surface area contributed by atoms with Crippen LogP contribution in [0.2, 0.25) is 0 Å². The largest absolute Gasteiger partial charge is 0.484 e. The smallest absolute Gasteiger partial charge is 0.292 e. The van der Waals surface area contributed by atoms with Crippen LogP contribution in [0.1, 0.15) is 11.1 Å². The summed E-state index contributed by atoms with van der Waals surface area (Å²) < 4.78 is 5.67. The number of nitrogens with zero attached hydrogens (tertiary/aromatic N) is 3. The molecule has 0 radical (unpaired) electrons. The lowest BCUT2D eigenvalue weighted by molar-refractivity contribution is -0.384. The van der Waals surface area contributed by atoms with Gasteiger partial charge in [0, 0.05) is 32.2 Å². The quantitative estimate of drug-likeness (QED) is 0.598. The van der Waals surface area contributed by atoms with E-state index < -0.39 is 0 Å². The fourth-order valence-electron chi connectivity index (χ4n) is 3.27. The minimum Gasteiger partial charge on any atom is -0.484 e. The predicted molar refractivity (Wildman–Crippen MR) is 103 cm³/mol. The van der Waals surface area contributed by atoms with E-state index in [2.05, 4.69) is 0 Å². The Bertz CT molecular complexity index is 845. The SMILES string of the molecule is Cc1ccc(OCC(=O)N2CCN(c3ccccc3[N+](=O)[O-])CC2)c(C)c1. The van der Waals surface area contributed by atoms with Crippen LogP contribution in [0.25, 0.3) is 0 Å². The number of ether oxygens (including phenoxy) is 1. The summed E-state index contributed by atoms with van der Waals surface area (Å²) in [6, 6.07) is 12.6. The number of nitro groups is 1. The topological polar surface area (TPSA) is 75.9 Å². The summed E-state index contributed by atoms with van der Waals surface area (Å²) in [7, 11) is 0. The monoisotopic (exact) mass is 369 g/mol. The second-order valence-electron chi connectivity index (χ2n) is 6.67. The summed E-state index contributed by atoms with van der Waals surface area (Å²) in [5, 5.41) is 11.2. The summed E-state index contributed by atoms with van der Waals surface area (Å²) in [6.45, 7) is 6.11. The maximum absolute atomic E-state index is 12.4. The van der Waals surface area contributed by atoms with E-state index in [0.29, 0.717) is 37.6 Å². The number of carbonyl (C=O) groups is 1. The van der Waals surface area contributed by atoms with Crippen LogP contribution in [0, 0.1) is 24.0 Å². The first-order valence-corrected chi connectivity index (χ1v) is 8.92. The molecule has 1 fully saturated rings. The molecule has 0 atom stereocenters. The number of carbonyl (C=O) groups excluding carboxylic acids is 1. The summed E-state index contributed by atoms with van der Waals surface area (Å²) >= 11 is 0. The molecule has 27 heavy (non-hydrogen) atoms. The van der Waals surface area contributed by atoms with Gasteiger partial charge in [-0.1, -0.05) is 29.8 Å². The number of rotatable bonds is 5. The van der Waals surface area contributed by atoms with Crippen molar-refractivity contribution in [3.05, 3.63) is 63.7 Å². The molecule has 1 saturated heterocycles. The molecule has 1 amide bonds. The van der Waals surface area contributed by atoms with E-state index in [1.165, 1.54) is 6.07 Å². The lowest BCUT2D eigenvalue weighted by Gasteiger charge is -2.35. The molecule has 2 aromatic rings. The Morgan fingerprint density at radius 2 is 1.81 bits per heavy atom. The van der Waals surface area contributed by atoms with Gasteiger partial charge in [-0.15, -0.1) is 0 Å². The minimum atomic E-state index is -0.370. The molecule has 1 aliphatic rings. The highest BCUT2D eigenvalue weighted by atomic mass is 16.6. The normalized spacial score (nSPS) is 14.1. The Balaban J connectivity index is 1.56. The van der Waals surface area contributed by atoms with E-state index in [0.717, 1.165) is 11.1 Å². The maximum atomic E-state index is 12.4. The van der Waals surface area contributed by atoms with Gasteiger partial charge in [-0.2, -0.15) is 0 Å². The lowest BCUT2D eigenvalue weighted by atomic mass is 10.1. The summed E-state index contributed by atoms with van der Waals surface area (Å²) in [6.07, 6.45) is 0. The molecular weight excluding hydrogens is 346 g/mol. The highest BCUT2D eigenvalue weighted by Gasteiger charge is 2.25. The molecule has 0 spiro atoms. The fourth-order valence-corrected chi connectivity index (χ4v) is 3.27. The molecule has 0 unspecified atom stereocenters. The van der Waals surface area contributed by atoms with Crippen molar-refractivity contribution in [2.45, 2.75) is 13.8 Å². The molecule has 0 bridgehead atoms. The Labute approximate surface area is 158 Å². The number of anilines is 1. The van der Waals surface area contributed by atoms with Crippen molar-refractivity contribution in [2.24, 2.45) is 0 Å². The highest BCUT2D eigenvalue weighted by Crippen LogP contribution is 2.28. The molecule has 0 aliphatic carbocycles. The van der Waals surface area contributed by atoms with E-state index in [4.69, 9.17) is 4.74 Å². The molecule has 1 aliphatic heterocycles. The number of piperazine rings is 1. The Kier molecular flexibility index (Phi) is 5.59. The number of hydrogen-bond donors (Lipinski definition) is 0. The van der Waals surface area contributed by atoms with Crippen molar-refractivity contribution in [3.63, 3.8) is 0 Å². The second kappa shape index (κ2) is 8.07. The molecule has 142 valence electrons. The van der Waals surface area contributed by atoms with Crippen molar-refractivity contribution in [3.8, 4) is 5.75 Å². The first-order valence-electron chi connectivity index (χ1n) is 8.92. The zero-order valence-electron chi connectivity index (χ0n) is 15.6. The number of hydrogen-bond acceptors (Lipinski definition) is 5. The van der Waals surface area contributed by atoms with Crippen molar-refractivity contribution >= 4 is 17.3 Å². The number of para-hydroxylation sites is 2. The predicted octanol–water partition coefficient (Wildman–Crippen LogP) is 2.94. The molecule has 7 heteroatoms. The average molecular weight is 369 g/mol. The highest BCUT2D eigenvalue weighted by molar-refractivity contribution is 5.78. The summed E-state index contributed by atoms with van der Waals surface area (Å²) in [4.78, 5) is 27.0. The van der Waals surface area contributed by atoms with Crippen LogP contribution < -0.4 is 9.64 Å². The third-order valence-electron chi connectivity index (χ3n) is 4.73. The molecular formula is C20H23N3O4.